The Morgan fingerprint density at radius 1 is 1.10 bits per heavy atom. The van der Waals surface area contributed by atoms with E-state index in [4.69, 9.17) is 5.11 Å². The van der Waals surface area contributed by atoms with Gasteiger partial charge in [-0.15, -0.1) is 0 Å². The van der Waals surface area contributed by atoms with Crippen LogP contribution >= 0.6 is 11.8 Å². The largest absolute Gasteiger partial charge is 0.478 e. The van der Waals surface area contributed by atoms with Crippen LogP contribution in [0.5, 0.6) is 0 Å². The van der Waals surface area contributed by atoms with Gasteiger partial charge in [-0.2, -0.15) is 0 Å². The Bertz CT molecular complexity index is 661. The van der Waals surface area contributed by atoms with Crippen molar-refractivity contribution in [1.82, 2.24) is 0 Å². The highest BCUT2D eigenvalue weighted by atomic mass is 32.2. The Morgan fingerprint density at radius 3 is 2.20 bits per heavy atom. The lowest BCUT2D eigenvalue weighted by Crippen LogP contribution is -2.00. The smallest absolute Gasteiger partial charge is 0.335 e. The zero-order valence-corrected chi connectivity index (χ0v) is 11.7. The molecule has 0 aliphatic rings. The van der Waals surface area contributed by atoms with Crippen LogP contribution in [0.4, 0.5) is 8.78 Å². The Labute approximate surface area is 119 Å². The summed E-state index contributed by atoms with van der Waals surface area (Å²) in [6.45, 7) is 3.79. The zero-order valence-electron chi connectivity index (χ0n) is 10.9. The third kappa shape index (κ3) is 2.99. The number of rotatable bonds is 3. The van der Waals surface area contributed by atoms with E-state index in [9.17, 15) is 13.6 Å². The summed E-state index contributed by atoms with van der Waals surface area (Å²) in [7, 11) is 0. The van der Waals surface area contributed by atoms with Gasteiger partial charge in [-0.3, -0.25) is 0 Å². The van der Waals surface area contributed by atoms with Crippen molar-refractivity contribution < 1.29 is 18.7 Å². The molecule has 2 aromatic carbocycles. The summed E-state index contributed by atoms with van der Waals surface area (Å²) in [5.74, 6) is -3.09. The lowest BCUT2D eigenvalue weighted by molar-refractivity contribution is 0.0695. The van der Waals surface area contributed by atoms with Gasteiger partial charge in [0, 0.05) is 4.90 Å². The molecule has 5 heteroatoms. The molecule has 0 radical (unpaired) electrons. The van der Waals surface area contributed by atoms with Crippen molar-refractivity contribution in [1.29, 1.82) is 0 Å². The molecule has 20 heavy (non-hydrogen) atoms. The normalized spacial score (nSPS) is 10.6. The van der Waals surface area contributed by atoms with E-state index in [0.717, 1.165) is 39.9 Å². The average Bonchev–Trinajstić information content (AvgIpc) is 2.35. The molecule has 2 nitrogen and oxygen atoms in total. The summed E-state index contributed by atoms with van der Waals surface area (Å²) in [5.41, 5.74) is 1.58. The Balaban J connectivity index is 2.41. The molecule has 0 aliphatic carbocycles. The van der Waals surface area contributed by atoms with Crippen LogP contribution in [0.15, 0.2) is 40.1 Å². The summed E-state index contributed by atoms with van der Waals surface area (Å²) in [6.07, 6.45) is 0. The second-order valence-electron chi connectivity index (χ2n) is 4.45. The highest BCUT2D eigenvalue weighted by Crippen LogP contribution is 2.34. The Hall–Kier alpha value is -1.88. The number of aryl methyl sites for hydroxylation is 2. The SMILES string of the molecule is Cc1ccc(Sc2c(F)cc(C(=O)O)cc2F)c(C)c1. The topological polar surface area (TPSA) is 37.3 Å². The second-order valence-corrected chi connectivity index (χ2v) is 5.50. The standard InChI is InChI=1S/C15H12F2O2S/c1-8-3-4-13(9(2)5-8)20-14-11(16)6-10(15(18)19)7-12(14)17/h3-7H,1-2H3,(H,18,19). The van der Waals surface area contributed by atoms with E-state index in [1.807, 2.05) is 26.0 Å². The van der Waals surface area contributed by atoms with Crippen LogP contribution in [-0.2, 0) is 0 Å². The number of carbonyl (C=O) groups is 1. The molecule has 0 heterocycles. The molecule has 2 rings (SSSR count). The molecule has 0 aromatic heterocycles. The zero-order chi connectivity index (χ0) is 14.9. The summed E-state index contributed by atoms with van der Waals surface area (Å²) < 4.78 is 27.7. The van der Waals surface area contributed by atoms with Gasteiger partial charge in [-0.1, -0.05) is 29.5 Å². The second kappa shape index (κ2) is 5.63. The van der Waals surface area contributed by atoms with Crippen molar-refractivity contribution in [2.24, 2.45) is 0 Å². The van der Waals surface area contributed by atoms with Crippen molar-refractivity contribution in [3.05, 3.63) is 58.7 Å². The average molecular weight is 294 g/mol. The molecular formula is C15H12F2O2S. The van der Waals surface area contributed by atoms with Crippen molar-refractivity contribution in [3.63, 3.8) is 0 Å². The number of carboxylic acid groups (broad SMARTS) is 1. The monoisotopic (exact) mass is 294 g/mol. The van der Waals surface area contributed by atoms with E-state index in [1.165, 1.54) is 0 Å². The van der Waals surface area contributed by atoms with Gasteiger partial charge in [0.05, 0.1) is 10.5 Å². The van der Waals surface area contributed by atoms with Gasteiger partial charge in [0.15, 0.2) is 0 Å². The summed E-state index contributed by atoms with van der Waals surface area (Å²) in [6, 6.07) is 7.23. The van der Waals surface area contributed by atoms with Gasteiger partial charge in [0.1, 0.15) is 11.6 Å². The van der Waals surface area contributed by atoms with Gasteiger partial charge in [0.25, 0.3) is 0 Å². The van der Waals surface area contributed by atoms with Crippen LogP contribution in [-0.4, -0.2) is 11.1 Å². The van der Waals surface area contributed by atoms with Gasteiger partial charge >= 0.3 is 5.97 Å². The van der Waals surface area contributed by atoms with Crippen LogP contribution in [0, 0.1) is 25.5 Å². The number of halogens is 2. The minimum absolute atomic E-state index is 0.193. The molecule has 2 aromatic rings. The number of hydrogen-bond acceptors (Lipinski definition) is 2. The molecule has 0 fully saturated rings. The molecule has 0 unspecified atom stereocenters. The van der Waals surface area contributed by atoms with E-state index >= 15 is 0 Å². The molecule has 0 spiro atoms. The molecule has 0 saturated carbocycles. The number of aromatic carboxylic acids is 1. The summed E-state index contributed by atoms with van der Waals surface area (Å²) in [4.78, 5) is 11.3. The molecule has 1 N–H and O–H groups in total. The predicted octanol–water partition coefficient (Wildman–Crippen LogP) is 4.43. The van der Waals surface area contributed by atoms with Crippen molar-refractivity contribution >= 4 is 17.7 Å². The minimum Gasteiger partial charge on any atom is -0.478 e. The first-order valence-corrected chi connectivity index (χ1v) is 6.67. The highest BCUT2D eigenvalue weighted by Gasteiger charge is 2.16. The molecule has 0 bridgehead atoms. The van der Waals surface area contributed by atoms with Gasteiger partial charge in [0.2, 0.25) is 0 Å². The predicted molar refractivity (Wildman–Crippen MR) is 73.4 cm³/mol. The van der Waals surface area contributed by atoms with E-state index < -0.39 is 23.2 Å². The lowest BCUT2D eigenvalue weighted by atomic mass is 10.2. The maximum atomic E-state index is 13.8. The third-order valence-electron chi connectivity index (χ3n) is 2.79. The van der Waals surface area contributed by atoms with Crippen LogP contribution in [0.1, 0.15) is 21.5 Å². The fourth-order valence-corrected chi connectivity index (χ4v) is 2.69. The molecule has 0 amide bonds. The van der Waals surface area contributed by atoms with Crippen LogP contribution in [0.2, 0.25) is 0 Å². The summed E-state index contributed by atoms with van der Waals surface area (Å²) >= 11 is 0.954. The minimum atomic E-state index is -1.36. The van der Waals surface area contributed by atoms with E-state index in [2.05, 4.69) is 0 Å². The summed E-state index contributed by atoms with van der Waals surface area (Å²) in [5, 5.41) is 8.75. The van der Waals surface area contributed by atoms with Crippen LogP contribution in [0.25, 0.3) is 0 Å². The Morgan fingerprint density at radius 2 is 1.70 bits per heavy atom. The first-order chi connectivity index (χ1) is 9.38. The molecular weight excluding hydrogens is 282 g/mol. The number of benzene rings is 2. The fraction of sp³-hybridized carbons (Fsp3) is 0.133. The molecule has 0 saturated heterocycles. The number of hydrogen-bond donors (Lipinski definition) is 1. The molecule has 104 valence electrons. The first-order valence-electron chi connectivity index (χ1n) is 5.86. The molecule has 0 atom stereocenters. The van der Waals surface area contributed by atoms with Crippen LogP contribution < -0.4 is 0 Å². The third-order valence-corrected chi connectivity index (χ3v) is 4.06. The van der Waals surface area contributed by atoms with Gasteiger partial charge < -0.3 is 5.11 Å². The molecule has 0 aliphatic heterocycles. The van der Waals surface area contributed by atoms with Crippen molar-refractivity contribution in [2.75, 3.05) is 0 Å². The maximum absolute atomic E-state index is 13.8. The maximum Gasteiger partial charge on any atom is 0.335 e. The number of carboxylic acids is 1. The van der Waals surface area contributed by atoms with E-state index in [-0.39, 0.29) is 4.90 Å². The van der Waals surface area contributed by atoms with Gasteiger partial charge in [-0.25, -0.2) is 13.6 Å². The quantitative estimate of drug-likeness (QED) is 0.909. The lowest BCUT2D eigenvalue weighted by Gasteiger charge is -2.09. The fourth-order valence-electron chi connectivity index (χ4n) is 1.80. The van der Waals surface area contributed by atoms with Crippen LogP contribution in [0.3, 0.4) is 0 Å². The Kier molecular flexibility index (Phi) is 4.09. The van der Waals surface area contributed by atoms with E-state index in [0.29, 0.717) is 0 Å². The first kappa shape index (κ1) is 14.5. The van der Waals surface area contributed by atoms with Crippen molar-refractivity contribution in [2.45, 2.75) is 23.6 Å². The van der Waals surface area contributed by atoms with E-state index in [1.54, 1.807) is 6.07 Å². The highest BCUT2D eigenvalue weighted by molar-refractivity contribution is 7.99. The van der Waals surface area contributed by atoms with Gasteiger partial charge in [-0.05, 0) is 37.6 Å². The van der Waals surface area contributed by atoms with Crippen molar-refractivity contribution in [3.8, 4) is 0 Å².